The van der Waals surface area contributed by atoms with E-state index < -0.39 is 0 Å². The van der Waals surface area contributed by atoms with Crippen LogP contribution < -0.4 is 0 Å². The largest absolute Gasteiger partial charge is 0.306 e. The normalized spacial score (nSPS) is 18.7. The summed E-state index contributed by atoms with van der Waals surface area (Å²) in [5.74, 6) is 2.73. The van der Waals surface area contributed by atoms with Gasteiger partial charge in [0, 0.05) is 12.8 Å². The van der Waals surface area contributed by atoms with Gasteiger partial charge in [-0.05, 0) is 0 Å². The lowest BCUT2D eigenvalue weighted by molar-refractivity contribution is 1.10. The molecule has 1 aliphatic rings. The Morgan fingerprint density at radius 1 is 1.67 bits per heavy atom. The van der Waals surface area contributed by atoms with E-state index in [2.05, 4.69) is 11.9 Å². The summed E-state index contributed by atoms with van der Waals surface area (Å²) in [7, 11) is 0. The molecule has 1 aliphatic carbocycles. The first-order valence-corrected chi connectivity index (χ1v) is 2.11. The minimum atomic E-state index is 0.600. The highest BCUT2D eigenvalue weighted by atomic mass is 14.3. The molecule has 0 saturated heterocycles. The molecule has 0 atom stereocenters. The Hall–Kier alpha value is -0.640. The minimum Gasteiger partial charge on any atom is -0.210 e. The van der Waals surface area contributed by atoms with Gasteiger partial charge in [0.25, 0.3) is 5.87 Å². The van der Waals surface area contributed by atoms with E-state index in [1.54, 1.807) is 0 Å². The van der Waals surface area contributed by atoms with Gasteiger partial charge in [-0.15, -0.1) is 0 Å². The van der Waals surface area contributed by atoms with E-state index in [-0.39, 0.29) is 0 Å². The second kappa shape index (κ2) is 1.22. The maximum Gasteiger partial charge on any atom is 0.306 e. The maximum atomic E-state index is 6.41. The summed E-state index contributed by atoms with van der Waals surface area (Å²) in [6.45, 7) is 0. The molecule has 1 heteroatoms. The SMILES string of the molecule is N=C=[C+]C1CC1. The molecule has 0 unspecified atom stereocenters. The fourth-order valence-electron chi connectivity index (χ4n) is 0.330. The van der Waals surface area contributed by atoms with Crippen molar-refractivity contribution in [3.63, 3.8) is 0 Å². The molecule has 0 aromatic rings. The summed E-state index contributed by atoms with van der Waals surface area (Å²) in [5, 5.41) is 6.41. The van der Waals surface area contributed by atoms with Gasteiger partial charge >= 0.3 is 6.08 Å². The molecular weight excluding hydrogens is 74.1 g/mol. The van der Waals surface area contributed by atoms with Crippen molar-refractivity contribution in [3.8, 4) is 0 Å². The van der Waals surface area contributed by atoms with Gasteiger partial charge in [-0.1, -0.05) is 0 Å². The van der Waals surface area contributed by atoms with Crippen molar-refractivity contribution in [1.82, 2.24) is 0 Å². The third kappa shape index (κ3) is 0.651. The molecule has 1 fully saturated rings. The van der Waals surface area contributed by atoms with Gasteiger partial charge in [0.1, 0.15) is 0 Å². The van der Waals surface area contributed by atoms with Crippen LogP contribution in [0.25, 0.3) is 0 Å². The first-order chi connectivity index (χ1) is 2.93. The first-order valence-electron chi connectivity index (χ1n) is 2.11. The van der Waals surface area contributed by atoms with Crippen molar-refractivity contribution in [2.75, 3.05) is 0 Å². The standard InChI is InChI=1S/C5H6N/c6-4-3-5-1-2-5/h5-6H,1-2H2/q+1. The first kappa shape index (κ1) is 3.55. The fraction of sp³-hybridized carbons (Fsp3) is 0.600. The molecule has 0 aromatic heterocycles. The fourth-order valence-corrected chi connectivity index (χ4v) is 0.330. The van der Waals surface area contributed by atoms with E-state index in [9.17, 15) is 0 Å². The van der Waals surface area contributed by atoms with Crippen molar-refractivity contribution in [1.29, 1.82) is 5.41 Å². The molecule has 1 N–H and O–H groups in total. The molecule has 0 radical (unpaired) electrons. The van der Waals surface area contributed by atoms with Gasteiger partial charge in [0.2, 0.25) is 0 Å². The summed E-state index contributed by atoms with van der Waals surface area (Å²) in [6.07, 6.45) is 5.19. The monoisotopic (exact) mass is 80.0 g/mol. The van der Waals surface area contributed by atoms with Gasteiger partial charge in [0.05, 0.1) is 0 Å². The van der Waals surface area contributed by atoms with Crippen molar-refractivity contribution in [2.45, 2.75) is 12.8 Å². The highest BCUT2D eigenvalue weighted by molar-refractivity contribution is 5.44. The van der Waals surface area contributed by atoms with E-state index in [0.717, 1.165) is 0 Å². The Labute approximate surface area is 37.2 Å². The third-order valence-corrected chi connectivity index (χ3v) is 0.854. The lowest BCUT2D eigenvalue weighted by atomic mass is 10.4. The van der Waals surface area contributed by atoms with Crippen LogP contribution in [0.3, 0.4) is 0 Å². The van der Waals surface area contributed by atoms with Gasteiger partial charge in [0.15, 0.2) is 5.92 Å². The van der Waals surface area contributed by atoms with Crippen molar-refractivity contribution < 1.29 is 0 Å². The van der Waals surface area contributed by atoms with Crippen LogP contribution in [-0.2, 0) is 0 Å². The van der Waals surface area contributed by atoms with Crippen LogP contribution >= 0.6 is 0 Å². The third-order valence-electron chi connectivity index (χ3n) is 0.854. The summed E-state index contributed by atoms with van der Waals surface area (Å²) >= 11 is 0. The molecule has 0 heterocycles. The van der Waals surface area contributed by atoms with Crippen LogP contribution in [-0.4, -0.2) is 5.87 Å². The van der Waals surface area contributed by atoms with Gasteiger partial charge in [-0.25, -0.2) is 5.41 Å². The molecule has 1 nitrogen and oxygen atoms in total. The zero-order valence-corrected chi connectivity index (χ0v) is 3.49. The molecule has 6 heavy (non-hydrogen) atoms. The summed E-state index contributed by atoms with van der Waals surface area (Å²) in [5.41, 5.74) is 0. The Morgan fingerprint density at radius 2 is 2.33 bits per heavy atom. The topological polar surface area (TPSA) is 23.9 Å². The molecule has 0 aliphatic heterocycles. The van der Waals surface area contributed by atoms with Crippen LogP contribution in [0, 0.1) is 17.4 Å². The molecular formula is C5H6N+. The highest BCUT2D eigenvalue weighted by Gasteiger charge is 2.31. The molecule has 0 aromatic carbocycles. The highest BCUT2D eigenvalue weighted by Crippen LogP contribution is 2.28. The van der Waals surface area contributed by atoms with E-state index in [4.69, 9.17) is 5.41 Å². The van der Waals surface area contributed by atoms with Crippen LogP contribution in [0.2, 0.25) is 0 Å². The Morgan fingerprint density at radius 3 is 2.50 bits per heavy atom. The lowest BCUT2D eigenvalue weighted by Gasteiger charge is -1.40. The van der Waals surface area contributed by atoms with Crippen LogP contribution in [0.1, 0.15) is 12.8 Å². The molecule has 0 amide bonds. The van der Waals surface area contributed by atoms with Gasteiger partial charge in [-0.2, -0.15) is 0 Å². The maximum absolute atomic E-state index is 6.41. The van der Waals surface area contributed by atoms with Gasteiger partial charge < -0.3 is 0 Å². The smallest absolute Gasteiger partial charge is 0.210 e. The molecule has 1 rings (SSSR count). The van der Waals surface area contributed by atoms with E-state index in [1.165, 1.54) is 12.8 Å². The van der Waals surface area contributed by atoms with Crippen molar-refractivity contribution in [3.05, 3.63) is 6.08 Å². The number of nitrogens with one attached hydrogen (secondary N) is 1. The minimum absolute atomic E-state index is 0.600. The zero-order chi connectivity index (χ0) is 4.41. The van der Waals surface area contributed by atoms with Crippen molar-refractivity contribution >= 4 is 5.87 Å². The second-order valence-electron chi connectivity index (χ2n) is 1.54. The molecule has 1 saturated carbocycles. The van der Waals surface area contributed by atoms with Crippen molar-refractivity contribution in [2.24, 2.45) is 5.92 Å². The molecule has 0 bridgehead atoms. The van der Waals surface area contributed by atoms with Crippen LogP contribution in [0.15, 0.2) is 0 Å². The summed E-state index contributed by atoms with van der Waals surface area (Å²) in [6, 6.07) is 0. The van der Waals surface area contributed by atoms with Gasteiger partial charge in [-0.3, -0.25) is 0 Å². The Bertz CT molecular complexity index is 86.1. The average molecular weight is 80.1 g/mol. The number of rotatable bonds is 1. The van der Waals surface area contributed by atoms with E-state index in [0.29, 0.717) is 5.92 Å². The van der Waals surface area contributed by atoms with Crippen LogP contribution in [0.4, 0.5) is 0 Å². The Kier molecular flexibility index (Phi) is 0.719. The Balaban J connectivity index is 2.33. The predicted octanol–water partition coefficient (Wildman–Crippen LogP) is 1.00. The van der Waals surface area contributed by atoms with Crippen LogP contribution in [0.5, 0.6) is 0 Å². The predicted molar refractivity (Wildman–Crippen MR) is 23.7 cm³/mol. The second-order valence-corrected chi connectivity index (χ2v) is 1.54. The summed E-state index contributed by atoms with van der Waals surface area (Å²) in [4.78, 5) is 0. The number of hydrogen-bond donors (Lipinski definition) is 1. The van der Waals surface area contributed by atoms with E-state index >= 15 is 0 Å². The quantitative estimate of drug-likeness (QED) is 0.359. The molecule has 30 valence electrons. The lowest BCUT2D eigenvalue weighted by Crippen LogP contribution is -1.59. The average Bonchev–Trinajstić information content (AvgIpc) is 2.21. The number of hydrogen-bond acceptors (Lipinski definition) is 1. The summed E-state index contributed by atoms with van der Waals surface area (Å²) < 4.78 is 0. The zero-order valence-electron chi connectivity index (χ0n) is 3.49. The molecule has 0 spiro atoms. The number of allylic oxidation sites excluding steroid dienone is 1. The van der Waals surface area contributed by atoms with E-state index in [1.807, 2.05) is 0 Å².